The van der Waals surface area contributed by atoms with Gasteiger partial charge in [-0.15, -0.1) is 0 Å². The third-order valence-electron chi connectivity index (χ3n) is 10.1. The van der Waals surface area contributed by atoms with Crippen molar-refractivity contribution >= 4 is 17.5 Å². The van der Waals surface area contributed by atoms with Crippen LogP contribution >= 0.6 is 0 Å². The number of hydrogen-bond acceptors (Lipinski definition) is 8. The summed E-state index contributed by atoms with van der Waals surface area (Å²) in [5.74, 6) is 1.10. The highest BCUT2D eigenvalue weighted by Gasteiger charge is 2.36. The quantitative estimate of drug-likeness (QED) is 0.0450. The summed E-state index contributed by atoms with van der Waals surface area (Å²) in [6.45, 7) is 9.46. The minimum absolute atomic E-state index is 0.0926. The monoisotopic (exact) mass is 762 g/mol. The molecule has 57 heavy (non-hydrogen) atoms. The van der Waals surface area contributed by atoms with Crippen LogP contribution in [0.4, 0.5) is 0 Å². The van der Waals surface area contributed by atoms with Gasteiger partial charge in [-0.3, -0.25) is 9.59 Å². The van der Waals surface area contributed by atoms with E-state index in [-0.39, 0.29) is 11.6 Å². The summed E-state index contributed by atoms with van der Waals surface area (Å²) in [6, 6.07) is 46.5. The van der Waals surface area contributed by atoms with Gasteiger partial charge in [0, 0.05) is 27.7 Å². The number of benzene rings is 6. The zero-order valence-corrected chi connectivity index (χ0v) is 32.7. The molecule has 3 unspecified atom stereocenters. The van der Waals surface area contributed by atoms with E-state index in [2.05, 4.69) is 13.8 Å². The SMILES string of the molecule is CCC(C)(Oc1ccc(C(=O)c2ccccc2)cc1)C(=O)Oc1ccc(C(C)(C)c2ccc(OC(C)C(O)Oc3ccc(C(=O)c4ccccc4)cc3)cc2)cc1. The Morgan fingerprint density at radius 1 is 0.526 bits per heavy atom. The summed E-state index contributed by atoms with van der Waals surface area (Å²) < 4.78 is 23.6. The molecule has 0 saturated heterocycles. The first-order chi connectivity index (χ1) is 27.4. The molecule has 8 heteroatoms. The lowest BCUT2D eigenvalue weighted by molar-refractivity contribution is -0.151. The van der Waals surface area contributed by atoms with E-state index < -0.39 is 29.4 Å². The molecule has 0 heterocycles. The number of hydrogen-bond donors (Lipinski definition) is 1. The topological polar surface area (TPSA) is 108 Å². The highest BCUT2D eigenvalue weighted by atomic mass is 16.6. The maximum atomic E-state index is 13.4. The van der Waals surface area contributed by atoms with Crippen LogP contribution in [0.5, 0.6) is 23.0 Å². The zero-order valence-electron chi connectivity index (χ0n) is 32.7. The number of rotatable bonds is 16. The Bertz CT molecular complexity index is 2270. The molecule has 8 nitrogen and oxygen atoms in total. The summed E-state index contributed by atoms with van der Waals surface area (Å²) >= 11 is 0. The molecule has 6 aromatic carbocycles. The van der Waals surface area contributed by atoms with E-state index in [9.17, 15) is 19.5 Å². The molecule has 0 aromatic heterocycles. The van der Waals surface area contributed by atoms with Gasteiger partial charge >= 0.3 is 5.97 Å². The Balaban J connectivity index is 1.02. The molecule has 0 aliphatic heterocycles. The van der Waals surface area contributed by atoms with Gasteiger partial charge in [-0.2, -0.15) is 0 Å². The Labute approximate surface area is 333 Å². The molecule has 0 fully saturated rings. The van der Waals surface area contributed by atoms with E-state index in [1.807, 2.05) is 79.7 Å². The van der Waals surface area contributed by atoms with Gasteiger partial charge in [0.15, 0.2) is 17.7 Å². The second-order valence-electron chi connectivity index (χ2n) is 14.5. The number of aliphatic hydroxyl groups excluding tert-OH is 1. The molecule has 290 valence electrons. The van der Waals surface area contributed by atoms with Crippen molar-refractivity contribution in [3.63, 3.8) is 0 Å². The van der Waals surface area contributed by atoms with Crippen molar-refractivity contribution in [1.29, 1.82) is 0 Å². The van der Waals surface area contributed by atoms with E-state index in [1.165, 1.54) is 0 Å². The minimum Gasteiger partial charge on any atom is -0.484 e. The Morgan fingerprint density at radius 3 is 1.37 bits per heavy atom. The predicted molar refractivity (Wildman–Crippen MR) is 219 cm³/mol. The van der Waals surface area contributed by atoms with Crippen LogP contribution in [0.3, 0.4) is 0 Å². The molecule has 6 rings (SSSR count). The van der Waals surface area contributed by atoms with Gasteiger partial charge in [0.2, 0.25) is 11.9 Å². The van der Waals surface area contributed by atoms with Gasteiger partial charge < -0.3 is 24.1 Å². The number of ether oxygens (including phenoxy) is 4. The van der Waals surface area contributed by atoms with Crippen molar-refractivity contribution in [3.8, 4) is 23.0 Å². The van der Waals surface area contributed by atoms with Gasteiger partial charge in [-0.1, -0.05) is 106 Å². The lowest BCUT2D eigenvalue weighted by Crippen LogP contribution is -2.44. The molecule has 0 amide bonds. The smallest absolute Gasteiger partial charge is 0.355 e. The third kappa shape index (κ3) is 9.66. The van der Waals surface area contributed by atoms with Gasteiger partial charge in [0.05, 0.1) is 0 Å². The van der Waals surface area contributed by atoms with Crippen LogP contribution in [0.15, 0.2) is 158 Å². The fourth-order valence-electron chi connectivity index (χ4n) is 6.17. The highest BCUT2D eigenvalue weighted by Crippen LogP contribution is 2.34. The van der Waals surface area contributed by atoms with Crippen LogP contribution in [-0.4, -0.2) is 40.6 Å². The molecule has 6 aromatic rings. The summed E-state index contributed by atoms with van der Waals surface area (Å²) in [6.07, 6.45) is -1.59. The van der Waals surface area contributed by atoms with Crippen molar-refractivity contribution < 1.29 is 38.4 Å². The summed E-state index contributed by atoms with van der Waals surface area (Å²) in [4.78, 5) is 38.9. The molecular weight excluding hydrogens is 717 g/mol. The molecular formula is C49H46O8. The molecule has 0 bridgehead atoms. The van der Waals surface area contributed by atoms with Gasteiger partial charge in [0.1, 0.15) is 23.0 Å². The first kappa shape index (κ1) is 40.2. The van der Waals surface area contributed by atoms with Gasteiger partial charge in [-0.05, 0) is 104 Å². The number of aliphatic hydroxyl groups is 1. The third-order valence-corrected chi connectivity index (χ3v) is 10.1. The summed E-state index contributed by atoms with van der Waals surface area (Å²) in [5, 5.41) is 10.7. The summed E-state index contributed by atoms with van der Waals surface area (Å²) in [5.41, 5.74) is 2.61. The van der Waals surface area contributed by atoms with E-state index in [4.69, 9.17) is 18.9 Å². The molecule has 3 atom stereocenters. The second-order valence-corrected chi connectivity index (χ2v) is 14.5. The molecule has 1 N–H and O–H groups in total. The van der Waals surface area contributed by atoms with Gasteiger partial charge in [0.25, 0.3) is 0 Å². The van der Waals surface area contributed by atoms with Crippen LogP contribution < -0.4 is 18.9 Å². The van der Waals surface area contributed by atoms with E-state index in [0.29, 0.717) is 51.7 Å². The first-order valence-electron chi connectivity index (χ1n) is 18.9. The highest BCUT2D eigenvalue weighted by molar-refractivity contribution is 6.09. The zero-order chi connectivity index (χ0) is 40.6. The number of esters is 1. The normalized spacial score (nSPS) is 13.4. The van der Waals surface area contributed by atoms with Gasteiger partial charge in [-0.25, -0.2) is 4.79 Å². The largest absolute Gasteiger partial charge is 0.484 e. The number of ketones is 2. The van der Waals surface area contributed by atoms with Crippen LogP contribution in [-0.2, 0) is 10.2 Å². The van der Waals surface area contributed by atoms with Crippen molar-refractivity contribution in [1.82, 2.24) is 0 Å². The van der Waals surface area contributed by atoms with E-state index >= 15 is 0 Å². The Kier molecular flexibility index (Phi) is 12.3. The molecule has 0 aliphatic carbocycles. The molecule has 0 radical (unpaired) electrons. The maximum Gasteiger partial charge on any atom is 0.355 e. The minimum atomic E-state index is -1.26. The van der Waals surface area contributed by atoms with Crippen LogP contribution in [0, 0.1) is 0 Å². The van der Waals surface area contributed by atoms with Crippen molar-refractivity contribution in [3.05, 3.63) is 191 Å². The number of carbonyl (C=O) groups is 3. The van der Waals surface area contributed by atoms with E-state index in [0.717, 1.165) is 11.1 Å². The maximum absolute atomic E-state index is 13.4. The Morgan fingerprint density at radius 2 is 0.912 bits per heavy atom. The van der Waals surface area contributed by atoms with Crippen molar-refractivity contribution in [2.24, 2.45) is 0 Å². The Hall–Kier alpha value is -6.51. The predicted octanol–water partition coefficient (Wildman–Crippen LogP) is 9.79. The fourth-order valence-corrected chi connectivity index (χ4v) is 6.17. The molecule has 0 spiro atoms. The van der Waals surface area contributed by atoms with Crippen LogP contribution in [0.1, 0.15) is 84.0 Å². The molecule has 0 aliphatic rings. The second kappa shape index (κ2) is 17.5. The molecule has 0 saturated carbocycles. The van der Waals surface area contributed by atoms with Crippen LogP contribution in [0.25, 0.3) is 0 Å². The average molecular weight is 763 g/mol. The average Bonchev–Trinajstić information content (AvgIpc) is 3.24. The summed E-state index contributed by atoms with van der Waals surface area (Å²) in [7, 11) is 0. The number of carbonyl (C=O) groups excluding carboxylic acids is 3. The lowest BCUT2D eigenvalue weighted by Gasteiger charge is -2.28. The standard InChI is InChI=1S/C49H46O8/c1-6-49(5,57-43-27-19-37(20-28-43)45(51)35-15-11-8-12-16-35)47(53)56-42-31-23-39(24-32-42)48(3,4)38-21-29-40(30-22-38)54-33(2)46(52)55-41-25-17-36(18-26-41)44(50)34-13-9-7-10-14-34/h7-33,46,52H,6H2,1-5H3. The lowest BCUT2D eigenvalue weighted by atomic mass is 9.78. The fraction of sp³-hybridized carbons (Fsp3) is 0.204. The van der Waals surface area contributed by atoms with E-state index in [1.54, 1.807) is 98.8 Å². The van der Waals surface area contributed by atoms with Crippen LogP contribution in [0.2, 0.25) is 0 Å². The first-order valence-corrected chi connectivity index (χ1v) is 18.9. The van der Waals surface area contributed by atoms with Crippen molar-refractivity contribution in [2.45, 2.75) is 64.4 Å². The van der Waals surface area contributed by atoms with Crippen molar-refractivity contribution in [2.75, 3.05) is 0 Å².